The van der Waals surface area contributed by atoms with Crippen LogP contribution in [0.5, 0.6) is 0 Å². The molecule has 4 aliphatic rings. The lowest BCUT2D eigenvalue weighted by molar-refractivity contribution is -0.115. The summed E-state index contributed by atoms with van der Waals surface area (Å²) in [5.41, 5.74) is 26.0. The fourth-order valence-corrected chi connectivity index (χ4v) is 15.4. The van der Waals surface area contributed by atoms with Crippen molar-refractivity contribution in [2.45, 2.75) is 98.6 Å². The van der Waals surface area contributed by atoms with Crippen LogP contribution in [0, 0.1) is 0 Å². The first-order valence-corrected chi connectivity index (χ1v) is 36.7. The van der Waals surface area contributed by atoms with Gasteiger partial charge in [-0.2, -0.15) is 10.2 Å². The van der Waals surface area contributed by atoms with E-state index in [1.165, 1.54) is 42.4 Å². The zero-order chi connectivity index (χ0) is 70.9. The number of halogens is 4. The van der Waals surface area contributed by atoms with Gasteiger partial charge in [0, 0.05) is 65.6 Å². The average Bonchev–Trinajstić information content (AvgIpc) is 1.47. The molecule has 2 aliphatic carbocycles. The summed E-state index contributed by atoms with van der Waals surface area (Å²) in [4.78, 5) is 32.0. The van der Waals surface area contributed by atoms with Gasteiger partial charge in [-0.15, -0.1) is 12.4 Å². The van der Waals surface area contributed by atoms with E-state index < -0.39 is 14.9 Å². The van der Waals surface area contributed by atoms with Crippen LogP contribution in [0.2, 0.25) is 0 Å². The van der Waals surface area contributed by atoms with Gasteiger partial charge in [0.2, 0.25) is 3.79 Å². The van der Waals surface area contributed by atoms with E-state index in [4.69, 9.17) is 60.7 Å². The molecular weight excluding hydrogens is 1390 g/mol. The molecule has 0 unspecified atom stereocenters. The Kier molecular flexibility index (Phi) is 21.0. The molecule has 10 aromatic carbocycles. The molecule has 2 atom stereocenters. The number of aromatic nitrogens is 6. The van der Waals surface area contributed by atoms with Crippen LogP contribution in [-0.4, -0.2) is 50.7 Å². The average molecular weight is 1470 g/mol. The first-order chi connectivity index (χ1) is 50.8. The molecule has 0 bridgehead atoms. The maximum absolute atomic E-state index is 13.8. The molecule has 6 heterocycles. The molecule has 106 heavy (non-hydrogen) atoms. The normalized spacial score (nSPS) is 14.3. The maximum atomic E-state index is 13.8. The summed E-state index contributed by atoms with van der Waals surface area (Å²) in [6.07, 6.45) is 13.3. The Hall–Kier alpha value is -10.6. The van der Waals surface area contributed by atoms with E-state index in [0.717, 1.165) is 112 Å². The Bertz CT molecular complexity index is 5260. The Balaban J connectivity index is 0.000000153. The molecule has 3 N–H and O–H groups in total. The predicted molar refractivity (Wildman–Crippen MR) is 437 cm³/mol. The largest absolute Gasteiger partial charge is 0.344 e. The number of nitrogens with two attached hydrogens (primary N) is 1. The number of amides is 1. The van der Waals surface area contributed by atoms with Crippen LogP contribution in [0.1, 0.15) is 138 Å². The first-order valence-electron chi connectivity index (χ1n) is 35.6. The van der Waals surface area contributed by atoms with E-state index in [1.807, 2.05) is 56.3 Å². The standard InChI is InChI=1S/C45H37N5O.C34H23Cl3N4.C11H15N.CH4.ClH/c1-30(33-12-11-13-34(26-33)31-20-21-31)47-44(51)41-27-35-28-42-39(29-40(35)48-41)43(32-22-24-46-25-23-32)49-50(42)45(36-14-5-2-6-15-36,37-16-7-3-8-17-37)38-18-9-4-10-19-38;35-34(36,37)31-21-24-20-30-28(22-29(24)39-31)32(23-16-18-38-19-17-23)40-41(30)33(25-10-4-1-5-11-25,26-12-6-2-7-13-26)27-14-8-3-9-15-27;1-8(12)10-3-2-4-11(7-10)9-5-6-9;;/h2-19,22-26,28-31H,20-21,27H2,1H3,(H,47,51);1-20,22H,21H2;2-4,7-9H,5-6,12H2,1H3;1H4;1H/t30-;;8-;;/m1.1../s1. The molecule has 0 spiro atoms. The molecule has 528 valence electrons. The zero-order valence-electron chi connectivity index (χ0n) is 58.0. The third-order valence-electron chi connectivity index (χ3n) is 20.6. The summed E-state index contributed by atoms with van der Waals surface area (Å²) in [6, 6.07) is 97.1. The van der Waals surface area contributed by atoms with E-state index in [-0.39, 0.29) is 37.8 Å². The van der Waals surface area contributed by atoms with E-state index in [0.29, 0.717) is 30.2 Å². The molecule has 1 amide bonds. The van der Waals surface area contributed by atoms with Crippen LogP contribution in [0.4, 0.5) is 11.4 Å². The molecule has 15 heteroatoms. The number of fused-ring (bicyclic) bond motifs is 4. The Labute approximate surface area is 640 Å². The van der Waals surface area contributed by atoms with E-state index in [2.05, 4.69) is 261 Å². The highest BCUT2D eigenvalue weighted by Gasteiger charge is 2.44. The van der Waals surface area contributed by atoms with Crippen LogP contribution in [0.15, 0.2) is 314 Å². The van der Waals surface area contributed by atoms with Gasteiger partial charge >= 0.3 is 0 Å². The fourth-order valence-electron chi connectivity index (χ4n) is 15.0. The van der Waals surface area contributed by atoms with Gasteiger partial charge in [-0.1, -0.05) is 273 Å². The molecule has 2 saturated carbocycles. The van der Waals surface area contributed by atoms with Gasteiger partial charge in [0.15, 0.2) is 0 Å². The summed E-state index contributed by atoms with van der Waals surface area (Å²) in [7, 11) is 0. The van der Waals surface area contributed by atoms with Crippen molar-refractivity contribution in [3.8, 4) is 22.5 Å². The second-order valence-electron chi connectivity index (χ2n) is 27.4. The lowest BCUT2D eigenvalue weighted by atomic mass is 9.77. The minimum Gasteiger partial charge on any atom is -0.344 e. The van der Waals surface area contributed by atoms with Crippen molar-refractivity contribution in [1.29, 1.82) is 0 Å². The van der Waals surface area contributed by atoms with Crippen LogP contribution in [0.25, 0.3) is 44.3 Å². The number of hydrogen-bond donors (Lipinski definition) is 2. The lowest BCUT2D eigenvalue weighted by Crippen LogP contribution is -2.38. The third-order valence-corrected chi connectivity index (χ3v) is 21.2. The Morgan fingerprint density at radius 2 is 0.811 bits per heavy atom. The van der Waals surface area contributed by atoms with Gasteiger partial charge in [-0.3, -0.25) is 19.8 Å². The van der Waals surface area contributed by atoms with Crippen molar-refractivity contribution in [2.24, 2.45) is 15.7 Å². The highest BCUT2D eigenvalue weighted by atomic mass is 35.6. The van der Waals surface area contributed by atoms with Gasteiger partial charge in [-0.05, 0) is 167 Å². The Morgan fingerprint density at radius 3 is 1.18 bits per heavy atom. The zero-order valence-corrected chi connectivity index (χ0v) is 61.1. The highest BCUT2D eigenvalue weighted by molar-refractivity contribution is 6.77. The van der Waals surface area contributed by atoms with Gasteiger partial charge in [-0.25, -0.2) is 14.4 Å². The smallest absolute Gasteiger partial charge is 0.266 e. The number of nitrogens with zero attached hydrogens (tertiary/aromatic N) is 8. The van der Waals surface area contributed by atoms with Crippen LogP contribution in [0.3, 0.4) is 0 Å². The van der Waals surface area contributed by atoms with Crippen LogP contribution >= 0.6 is 47.2 Å². The van der Waals surface area contributed by atoms with E-state index >= 15 is 0 Å². The fraction of sp³-hybridized carbons (Fsp3) is 0.176. The first kappa shape index (κ1) is 72.3. The summed E-state index contributed by atoms with van der Waals surface area (Å²) < 4.78 is 2.77. The van der Waals surface area contributed by atoms with Gasteiger partial charge < -0.3 is 11.1 Å². The van der Waals surface area contributed by atoms with Gasteiger partial charge in [0.25, 0.3) is 5.91 Å². The van der Waals surface area contributed by atoms with E-state index in [9.17, 15) is 4.79 Å². The number of carbonyl (C=O) groups excluding carboxylic acids is 1. The topological polar surface area (TPSA) is 141 Å². The number of pyridine rings is 2. The molecule has 4 aromatic heterocycles. The number of rotatable bonds is 16. The number of aliphatic imine (C=N–C) groups is 2. The molecule has 0 saturated heterocycles. The maximum Gasteiger partial charge on any atom is 0.266 e. The monoisotopic (exact) mass is 1470 g/mol. The molecule has 2 aliphatic heterocycles. The van der Waals surface area contributed by atoms with Crippen molar-refractivity contribution in [1.82, 2.24) is 34.8 Å². The number of alkyl halides is 3. The predicted octanol–water partition coefficient (Wildman–Crippen LogP) is 21.9. The van der Waals surface area contributed by atoms with E-state index in [1.54, 1.807) is 24.8 Å². The summed E-state index contributed by atoms with van der Waals surface area (Å²) in [6.45, 7) is 4.08. The second kappa shape index (κ2) is 30.8. The van der Waals surface area contributed by atoms with Crippen molar-refractivity contribution in [3.63, 3.8) is 0 Å². The van der Waals surface area contributed by atoms with Crippen molar-refractivity contribution in [3.05, 3.63) is 371 Å². The second-order valence-corrected chi connectivity index (χ2v) is 29.7. The van der Waals surface area contributed by atoms with Crippen LogP contribution < -0.4 is 11.1 Å². The SMILES string of the molecule is C.C[C@@H](N)c1cccc(C2CC2)c1.C[C@@H](NC(=O)C1=Nc2cc3c(-c4ccncc4)nn(C(c4ccccc4)(c4ccccc4)c4ccccc4)c3cc2C1)c1cccc(C2CC2)c1.Cl.ClC(Cl)(Cl)C1=Nc2cc3c(-c4ccncc4)nn(C(c4ccccc4)(c4ccccc4)c4ccccc4)c3cc2C1. The molecular formula is C91H80Cl4N10O. The third kappa shape index (κ3) is 14.1. The summed E-state index contributed by atoms with van der Waals surface area (Å²) in [5, 5.41) is 16.1. The van der Waals surface area contributed by atoms with Crippen molar-refractivity contribution >= 4 is 97.7 Å². The molecule has 14 aromatic rings. The summed E-state index contributed by atoms with van der Waals surface area (Å²) in [5.74, 6) is 1.36. The summed E-state index contributed by atoms with van der Waals surface area (Å²) >= 11 is 18.8. The van der Waals surface area contributed by atoms with Crippen LogP contribution in [-0.2, 0) is 28.7 Å². The molecule has 0 radical (unpaired) electrons. The lowest BCUT2D eigenvalue weighted by Gasteiger charge is -2.37. The number of benzene rings is 10. The number of carbonyl (C=O) groups is 1. The Morgan fingerprint density at radius 1 is 0.453 bits per heavy atom. The minimum atomic E-state index is -1.58. The minimum absolute atomic E-state index is 0. The highest BCUT2D eigenvalue weighted by Crippen LogP contribution is 2.50. The van der Waals surface area contributed by atoms with Gasteiger partial charge in [0.1, 0.15) is 28.2 Å². The quantitative estimate of drug-likeness (QED) is 0.0729. The number of hydrogen-bond acceptors (Lipinski definition) is 8. The molecule has 18 rings (SSSR count). The number of nitrogens with one attached hydrogen (secondary N) is 1. The molecule has 11 nitrogen and oxygen atoms in total. The van der Waals surface area contributed by atoms with Gasteiger partial charge in [0.05, 0.1) is 34.2 Å². The molecule has 2 fully saturated rings. The van der Waals surface area contributed by atoms with Crippen molar-refractivity contribution < 1.29 is 4.79 Å². The van der Waals surface area contributed by atoms with Crippen molar-refractivity contribution in [2.75, 3.05) is 0 Å².